The van der Waals surface area contributed by atoms with Gasteiger partial charge in [0.15, 0.2) is 0 Å². The van der Waals surface area contributed by atoms with Crippen LogP contribution < -0.4 is 10.9 Å². The number of benzene rings is 1. The van der Waals surface area contributed by atoms with Crippen LogP contribution in [0.3, 0.4) is 0 Å². The molecule has 0 radical (unpaired) electrons. The molecule has 0 saturated carbocycles. The fourth-order valence-electron chi connectivity index (χ4n) is 2.53. The summed E-state index contributed by atoms with van der Waals surface area (Å²) in [6.07, 6.45) is 1.36. The summed E-state index contributed by atoms with van der Waals surface area (Å²) >= 11 is 5.93. The minimum atomic E-state index is -0.320. The van der Waals surface area contributed by atoms with E-state index in [1.807, 2.05) is 13.8 Å². The highest BCUT2D eigenvalue weighted by Gasteiger charge is 2.14. The monoisotopic (exact) mass is 345 g/mol. The van der Waals surface area contributed by atoms with Gasteiger partial charge in [0.1, 0.15) is 6.54 Å². The molecule has 0 bridgehead atoms. The van der Waals surface area contributed by atoms with Crippen molar-refractivity contribution in [1.82, 2.24) is 19.3 Å². The van der Waals surface area contributed by atoms with E-state index >= 15 is 0 Å². The summed E-state index contributed by atoms with van der Waals surface area (Å²) in [6, 6.07) is 4.89. The average molecular weight is 346 g/mol. The molecule has 0 unspecified atom stereocenters. The van der Waals surface area contributed by atoms with Crippen molar-refractivity contribution < 1.29 is 4.79 Å². The molecule has 2 heterocycles. The predicted molar refractivity (Wildman–Crippen MR) is 92.3 cm³/mol. The number of carbonyl (C=O) groups excluding carboxylic acids is 1. The Morgan fingerprint density at radius 2 is 2.08 bits per heavy atom. The third-order valence-electron chi connectivity index (χ3n) is 3.87. The van der Waals surface area contributed by atoms with Crippen LogP contribution in [-0.4, -0.2) is 25.2 Å². The summed E-state index contributed by atoms with van der Waals surface area (Å²) < 4.78 is 2.95. The van der Waals surface area contributed by atoms with Crippen LogP contribution in [0.2, 0.25) is 5.02 Å². The van der Waals surface area contributed by atoms with Gasteiger partial charge in [-0.1, -0.05) is 11.6 Å². The first-order valence-corrected chi connectivity index (χ1v) is 7.69. The number of nitrogens with zero attached hydrogens (tertiary/aromatic N) is 4. The minimum absolute atomic E-state index is 0.137. The fraction of sp³-hybridized carbons (Fsp3) is 0.250. The number of amides is 1. The van der Waals surface area contributed by atoms with Gasteiger partial charge in [0.2, 0.25) is 5.91 Å². The molecular weight excluding hydrogens is 330 g/mol. The van der Waals surface area contributed by atoms with Gasteiger partial charge >= 0.3 is 0 Å². The van der Waals surface area contributed by atoms with Gasteiger partial charge in [0.05, 0.1) is 34.3 Å². The summed E-state index contributed by atoms with van der Waals surface area (Å²) in [5, 5.41) is 7.87. The Balaban J connectivity index is 1.88. The van der Waals surface area contributed by atoms with E-state index in [1.54, 1.807) is 29.9 Å². The Bertz CT molecular complexity index is 1010. The number of fused-ring (bicyclic) bond motifs is 1. The van der Waals surface area contributed by atoms with E-state index in [0.29, 0.717) is 21.6 Å². The molecule has 1 amide bonds. The number of halogens is 1. The molecule has 8 heteroatoms. The molecule has 124 valence electrons. The Kier molecular flexibility index (Phi) is 4.11. The summed E-state index contributed by atoms with van der Waals surface area (Å²) in [5.74, 6) is -0.320. The van der Waals surface area contributed by atoms with Crippen LogP contribution >= 0.6 is 11.6 Å². The highest BCUT2D eigenvalue weighted by Crippen LogP contribution is 2.18. The van der Waals surface area contributed by atoms with E-state index < -0.39 is 0 Å². The third kappa shape index (κ3) is 2.90. The standard InChI is InChI=1S/C16H16ClN5O2/c1-9-15(10(2)21(3)20-9)19-14(23)7-22-8-18-13-5-4-11(17)6-12(13)16(22)24/h4-6,8H,7H2,1-3H3,(H,19,23). The van der Waals surface area contributed by atoms with Gasteiger partial charge in [-0.25, -0.2) is 4.98 Å². The molecule has 3 aromatic rings. The van der Waals surface area contributed by atoms with Crippen molar-refractivity contribution in [3.8, 4) is 0 Å². The largest absolute Gasteiger partial charge is 0.321 e. The predicted octanol–water partition coefficient (Wildman–Crippen LogP) is 2.04. The smallest absolute Gasteiger partial charge is 0.261 e. The normalized spacial score (nSPS) is 11.0. The number of nitrogens with one attached hydrogen (secondary N) is 1. The second-order valence-electron chi connectivity index (χ2n) is 5.56. The zero-order valence-electron chi connectivity index (χ0n) is 13.5. The van der Waals surface area contributed by atoms with Gasteiger partial charge in [0.25, 0.3) is 5.56 Å². The van der Waals surface area contributed by atoms with Gasteiger partial charge in [-0.2, -0.15) is 5.10 Å². The summed E-state index contributed by atoms with van der Waals surface area (Å²) in [7, 11) is 1.81. The maximum absolute atomic E-state index is 12.5. The Morgan fingerprint density at radius 3 is 2.75 bits per heavy atom. The van der Waals surface area contributed by atoms with Crippen molar-refractivity contribution >= 4 is 34.1 Å². The molecule has 7 nitrogen and oxygen atoms in total. The Hall–Kier alpha value is -2.67. The molecule has 0 saturated heterocycles. The van der Waals surface area contributed by atoms with Crippen LogP contribution in [0.5, 0.6) is 0 Å². The number of rotatable bonds is 3. The van der Waals surface area contributed by atoms with Crippen molar-refractivity contribution in [2.75, 3.05) is 5.32 Å². The quantitative estimate of drug-likeness (QED) is 0.787. The number of hydrogen-bond acceptors (Lipinski definition) is 4. The van der Waals surface area contributed by atoms with Gasteiger partial charge in [-0.05, 0) is 32.0 Å². The first-order valence-electron chi connectivity index (χ1n) is 7.31. The first-order chi connectivity index (χ1) is 11.4. The summed E-state index contributed by atoms with van der Waals surface area (Å²) in [4.78, 5) is 29.0. The van der Waals surface area contributed by atoms with Crippen LogP contribution in [0.25, 0.3) is 10.9 Å². The molecule has 0 aliphatic heterocycles. The lowest BCUT2D eigenvalue weighted by molar-refractivity contribution is -0.116. The molecule has 3 rings (SSSR count). The number of anilines is 1. The van der Waals surface area contributed by atoms with E-state index in [-0.39, 0.29) is 18.0 Å². The molecule has 0 atom stereocenters. The van der Waals surface area contributed by atoms with Crippen molar-refractivity contribution in [2.45, 2.75) is 20.4 Å². The van der Waals surface area contributed by atoms with E-state index in [9.17, 15) is 9.59 Å². The molecular formula is C16H16ClN5O2. The van der Waals surface area contributed by atoms with Crippen molar-refractivity contribution in [1.29, 1.82) is 0 Å². The first kappa shape index (κ1) is 16.2. The highest BCUT2D eigenvalue weighted by atomic mass is 35.5. The van der Waals surface area contributed by atoms with E-state index in [0.717, 1.165) is 11.4 Å². The van der Waals surface area contributed by atoms with Crippen LogP contribution in [0.4, 0.5) is 5.69 Å². The maximum Gasteiger partial charge on any atom is 0.261 e. The zero-order chi connectivity index (χ0) is 17.4. The highest BCUT2D eigenvalue weighted by molar-refractivity contribution is 6.31. The van der Waals surface area contributed by atoms with E-state index in [1.165, 1.54) is 10.9 Å². The lowest BCUT2D eigenvalue weighted by Gasteiger charge is -2.08. The molecule has 0 aliphatic carbocycles. The summed E-state index contributed by atoms with van der Waals surface area (Å²) in [5.41, 5.74) is 2.46. The maximum atomic E-state index is 12.5. The molecule has 24 heavy (non-hydrogen) atoms. The Labute approximate surface area is 142 Å². The van der Waals surface area contributed by atoms with Crippen molar-refractivity contribution in [3.05, 3.63) is 51.3 Å². The van der Waals surface area contributed by atoms with E-state index in [2.05, 4.69) is 15.4 Å². The van der Waals surface area contributed by atoms with Gasteiger partial charge in [0, 0.05) is 12.1 Å². The van der Waals surface area contributed by atoms with Crippen LogP contribution in [0.1, 0.15) is 11.4 Å². The molecule has 0 aliphatic rings. The van der Waals surface area contributed by atoms with E-state index in [4.69, 9.17) is 11.6 Å². The van der Waals surface area contributed by atoms with Crippen molar-refractivity contribution in [2.24, 2.45) is 7.05 Å². The lowest BCUT2D eigenvalue weighted by Crippen LogP contribution is -2.28. The van der Waals surface area contributed by atoms with Crippen LogP contribution in [0, 0.1) is 13.8 Å². The lowest BCUT2D eigenvalue weighted by atomic mass is 10.2. The number of aryl methyl sites for hydroxylation is 2. The third-order valence-corrected chi connectivity index (χ3v) is 4.11. The van der Waals surface area contributed by atoms with Crippen LogP contribution in [-0.2, 0) is 18.4 Å². The van der Waals surface area contributed by atoms with Gasteiger partial charge in [-0.15, -0.1) is 0 Å². The molecule has 1 N–H and O–H groups in total. The number of hydrogen-bond donors (Lipinski definition) is 1. The minimum Gasteiger partial charge on any atom is -0.321 e. The topological polar surface area (TPSA) is 81.8 Å². The summed E-state index contributed by atoms with van der Waals surface area (Å²) in [6.45, 7) is 3.54. The molecule has 2 aromatic heterocycles. The van der Waals surface area contributed by atoms with Gasteiger partial charge < -0.3 is 5.32 Å². The molecule has 0 spiro atoms. The Morgan fingerprint density at radius 1 is 1.33 bits per heavy atom. The average Bonchev–Trinajstić information content (AvgIpc) is 2.77. The number of aromatic nitrogens is 4. The zero-order valence-corrected chi connectivity index (χ0v) is 14.3. The second kappa shape index (κ2) is 6.09. The van der Waals surface area contributed by atoms with Crippen LogP contribution in [0.15, 0.2) is 29.3 Å². The van der Waals surface area contributed by atoms with Gasteiger partial charge in [-0.3, -0.25) is 18.8 Å². The fourth-order valence-corrected chi connectivity index (χ4v) is 2.70. The number of carbonyl (C=O) groups is 1. The second-order valence-corrected chi connectivity index (χ2v) is 5.99. The van der Waals surface area contributed by atoms with Crippen molar-refractivity contribution in [3.63, 3.8) is 0 Å². The molecule has 0 fully saturated rings. The SMILES string of the molecule is Cc1nn(C)c(C)c1NC(=O)Cn1cnc2ccc(Cl)cc2c1=O. The molecule has 1 aromatic carbocycles.